The molecule has 1 N–H and O–H groups in total. The summed E-state index contributed by atoms with van der Waals surface area (Å²) in [5, 5.41) is 3.05. The van der Waals surface area contributed by atoms with E-state index >= 15 is 0 Å². The number of benzene rings is 2. The van der Waals surface area contributed by atoms with Crippen LogP contribution in [0.5, 0.6) is 0 Å². The summed E-state index contributed by atoms with van der Waals surface area (Å²) in [6.45, 7) is 4.66. The number of amides is 2. The summed E-state index contributed by atoms with van der Waals surface area (Å²) < 4.78 is 18.9. The minimum absolute atomic E-state index is 0.0779. The lowest BCUT2D eigenvalue weighted by molar-refractivity contribution is -0.130. The lowest BCUT2D eigenvalue weighted by atomic mass is 9.93. The van der Waals surface area contributed by atoms with Crippen LogP contribution in [0.1, 0.15) is 42.1 Å². The van der Waals surface area contributed by atoms with Crippen LogP contribution in [0.3, 0.4) is 0 Å². The summed E-state index contributed by atoms with van der Waals surface area (Å²) in [6, 6.07) is 13.8. The molecule has 0 saturated carbocycles. The second-order valence-electron chi connectivity index (χ2n) is 8.11. The van der Waals surface area contributed by atoms with E-state index < -0.39 is 0 Å². The number of ether oxygens (including phenoxy) is 1. The largest absolute Gasteiger partial charge is 0.379 e. The highest BCUT2D eigenvalue weighted by Crippen LogP contribution is 2.33. The van der Waals surface area contributed by atoms with Crippen molar-refractivity contribution in [2.24, 2.45) is 0 Å². The van der Waals surface area contributed by atoms with Crippen LogP contribution < -0.4 is 5.32 Å². The molecule has 2 heterocycles. The molecule has 0 spiro atoms. The number of carbonyl (C=O) groups excluding carboxylic acids is 2. The number of morpholine rings is 1. The van der Waals surface area contributed by atoms with Crippen molar-refractivity contribution in [1.82, 2.24) is 15.1 Å². The van der Waals surface area contributed by atoms with Gasteiger partial charge in [-0.25, -0.2) is 4.39 Å². The van der Waals surface area contributed by atoms with E-state index in [0.717, 1.165) is 29.8 Å². The number of carbonyl (C=O) groups is 2. The van der Waals surface area contributed by atoms with Gasteiger partial charge in [-0.15, -0.1) is 0 Å². The Bertz CT molecular complexity index is 986. The van der Waals surface area contributed by atoms with E-state index in [9.17, 15) is 14.0 Å². The number of fused-ring (bicyclic) bond motifs is 1. The first-order valence-corrected chi connectivity index (χ1v) is 10.9. The Labute approximate surface area is 187 Å². The van der Waals surface area contributed by atoms with Crippen molar-refractivity contribution in [2.45, 2.75) is 25.4 Å². The van der Waals surface area contributed by atoms with Crippen molar-refractivity contribution < 1.29 is 18.7 Å². The SMILES string of the molecule is CC(=O)N1C=Cc2ccccc2C1CC(=O)NCC(c1ccc(F)cc1)N1CCOCC1. The van der Waals surface area contributed by atoms with Gasteiger partial charge in [0.05, 0.1) is 31.7 Å². The smallest absolute Gasteiger partial charge is 0.223 e. The maximum atomic E-state index is 13.4. The van der Waals surface area contributed by atoms with Gasteiger partial charge >= 0.3 is 0 Å². The van der Waals surface area contributed by atoms with E-state index in [0.29, 0.717) is 19.8 Å². The predicted octanol–water partition coefficient (Wildman–Crippen LogP) is 3.28. The van der Waals surface area contributed by atoms with Gasteiger partial charge in [-0.2, -0.15) is 0 Å². The summed E-state index contributed by atoms with van der Waals surface area (Å²) >= 11 is 0. The third kappa shape index (κ3) is 5.06. The molecule has 0 aliphatic carbocycles. The Morgan fingerprint density at radius 2 is 1.84 bits per heavy atom. The van der Waals surface area contributed by atoms with Crippen LogP contribution in [0.4, 0.5) is 4.39 Å². The monoisotopic (exact) mass is 437 g/mol. The van der Waals surface area contributed by atoms with Crippen LogP contribution in [0.2, 0.25) is 0 Å². The lowest BCUT2D eigenvalue weighted by Gasteiger charge is -2.35. The first-order valence-electron chi connectivity index (χ1n) is 10.9. The zero-order valence-electron chi connectivity index (χ0n) is 18.2. The summed E-state index contributed by atoms with van der Waals surface area (Å²) in [6.07, 6.45) is 3.81. The van der Waals surface area contributed by atoms with E-state index in [1.54, 1.807) is 23.2 Å². The third-order valence-corrected chi connectivity index (χ3v) is 6.08. The molecule has 32 heavy (non-hydrogen) atoms. The zero-order valence-corrected chi connectivity index (χ0v) is 18.2. The first kappa shape index (κ1) is 22.2. The summed E-state index contributed by atoms with van der Waals surface area (Å²) in [5.74, 6) is -0.523. The van der Waals surface area contributed by atoms with E-state index in [-0.39, 0.29) is 36.1 Å². The second kappa shape index (κ2) is 10.1. The first-order chi connectivity index (χ1) is 15.5. The highest BCUT2D eigenvalue weighted by molar-refractivity contribution is 5.81. The standard InChI is InChI=1S/C25H28FN3O3/c1-18(30)29-11-10-19-4-2-3-5-22(19)23(29)16-25(31)27-17-24(28-12-14-32-15-13-28)20-6-8-21(26)9-7-20/h2-11,23-24H,12-17H2,1H3,(H,27,31). The fourth-order valence-electron chi connectivity index (χ4n) is 4.40. The Morgan fingerprint density at radius 1 is 1.12 bits per heavy atom. The molecule has 0 aromatic heterocycles. The Balaban J connectivity index is 1.47. The minimum Gasteiger partial charge on any atom is -0.379 e. The molecular formula is C25H28FN3O3. The van der Waals surface area contributed by atoms with E-state index in [1.165, 1.54) is 19.1 Å². The minimum atomic E-state index is -0.346. The van der Waals surface area contributed by atoms with E-state index in [4.69, 9.17) is 4.74 Å². The molecule has 2 aliphatic rings. The van der Waals surface area contributed by atoms with Crippen LogP contribution >= 0.6 is 0 Å². The molecule has 2 aromatic carbocycles. The van der Waals surface area contributed by atoms with Crippen molar-refractivity contribution in [2.75, 3.05) is 32.8 Å². The van der Waals surface area contributed by atoms with Gasteiger partial charge in [-0.1, -0.05) is 36.4 Å². The lowest BCUT2D eigenvalue weighted by Crippen LogP contribution is -2.44. The second-order valence-corrected chi connectivity index (χ2v) is 8.11. The maximum Gasteiger partial charge on any atom is 0.223 e. The number of nitrogens with zero attached hydrogens (tertiary/aromatic N) is 2. The molecule has 4 rings (SSSR count). The molecule has 7 heteroatoms. The molecule has 2 aromatic rings. The third-order valence-electron chi connectivity index (χ3n) is 6.08. The Morgan fingerprint density at radius 3 is 2.56 bits per heavy atom. The highest BCUT2D eigenvalue weighted by Gasteiger charge is 2.29. The molecule has 1 saturated heterocycles. The predicted molar refractivity (Wildman–Crippen MR) is 120 cm³/mol. The number of halogens is 1. The topological polar surface area (TPSA) is 61.9 Å². The van der Waals surface area contributed by atoms with Crippen LogP contribution in [0.25, 0.3) is 6.08 Å². The van der Waals surface area contributed by atoms with Crippen molar-refractivity contribution in [1.29, 1.82) is 0 Å². The van der Waals surface area contributed by atoms with Gasteiger partial charge in [0, 0.05) is 32.8 Å². The van der Waals surface area contributed by atoms with Crippen molar-refractivity contribution in [3.05, 3.63) is 77.2 Å². The van der Waals surface area contributed by atoms with Crippen molar-refractivity contribution >= 4 is 17.9 Å². The van der Waals surface area contributed by atoms with Gasteiger partial charge in [0.15, 0.2) is 0 Å². The summed E-state index contributed by atoms with van der Waals surface area (Å²) in [7, 11) is 0. The van der Waals surface area contributed by atoms with E-state index in [1.807, 2.05) is 30.3 Å². The molecule has 2 amide bonds. The number of hydrogen-bond acceptors (Lipinski definition) is 4. The molecule has 0 radical (unpaired) electrons. The van der Waals surface area contributed by atoms with Gasteiger partial charge < -0.3 is 15.0 Å². The molecule has 6 nitrogen and oxygen atoms in total. The average molecular weight is 438 g/mol. The maximum absolute atomic E-state index is 13.4. The summed E-state index contributed by atoms with van der Waals surface area (Å²) in [4.78, 5) is 29.0. The Hall–Kier alpha value is -3.03. The molecule has 2 aliphatic heterocycles. The quantitative estimate of drug-likeness (QED) is 0.754. The number of hydrogen-bond donors (Lipinski definition) is 1. The molecule has 0 bridgehead atoms. The molecular weight excluding hydrogens is 409 g/mol. The number of nitrogens with one attached hydrogen (secondary N) is 1. The van der Waals surface area contributed by atoms with Gasteiger partial charge in [0.2, 0.25) is 11.8 Å². The van der Waals surface area contributed by atoms with Crippen molar-refractivity contribution in [3.63, 3.8) is 0 Å². The van der Waals surface area contributed by atoms with Crippen LogP contribution in [0, 0.1) is 5.82 Å². The fourth-order valence-corrected chi connectivity index (χ4v) is 4.40. The molecule has 2 unspecified atom stereocenters. The van der Waals surface area contributed by atoms with Gasteiger partial charge in [0.25, 0.3) is 0 Å². The number of rotatable bonds is 6. The molecule has 168 valence electrons. The van der Waals surface area contributed by atoms with Gasteiger partial charge in [-0.05, 0) is 34.9 Å². The summed E-state index contributed by atoms with van der Waals surface area (Å²) in [5.41, 5.74) is 2.92. The highest BCUT2D eigenvalue weighted by atomic mass is 19.1. The molecule has 2 atom stereocenters. The van der Waals surface area contributed by atoms with Crippen LogP contribution in [-0.2, 0) is 14.3 Å². The molecule has 1 fully saturated rings. The Kier molecular flexibility index (Phi) is 6.97. The van der Waals surface area contributed by atoms with Crippen LogP contribution in [-0.4, -0.2) is 54.5 Å². The zero-order chi connectivity index (χ0) is 22.5. The van der Waals surface area contributed by atoms with Gasteiger partial charge in [0.1, 0.15) is 5.82 Å². The van der Waals surface area contributed by atoms with Gasteiger partial charge in [-0.3, -0.25) is 14.5 Å². The normalized spacial score (nSPS) is 19.3. The van der Waals surface area contributed by atoms with Crippen molar-refractivity contribution in [3.8, 4) is 0 Å². The average Bonchev–Trinajstić information content (AvgIpc) is 2.81. The van der Waals surface area contributed by atoms with E-state index in [2.05, 4.69) is 10.2 Å². The van der Waals surface area contributed by atoms with Crippen LogP contribution in [0.15, 0.2) is 54.7 Å². The fraction of sp³-hybridized carbons (Fsp3) is 0.360.